The van der Waals surface area contributed by atoms with Gasteiger partial charge in [0.25, 0.3) is 0 Å². The average Bonchev–Trinajstić information content (AvgIpc) is 3.14. The summed E-state index contributed by atoms with van der Waals surface area (Å²) in [5.74, 6) is 0.626. The van der Waals surface area contributed by atoms with Crippen LogP contribution in [0, 0.1) is 0 Å². The first-order valence-electron chi connectivity index (χ1n) is 8.55. The Bertz CT molecular complexity index is 616. The largest absolute Gasteiger partial charge is 0.468 e. The minimum atomic E-state index is -0.400. The van der Waals surface area contributed by atoms with Crippen LogP contribution < -0.4 is 4.90 Å². The van der Waals surface area contributed by atoms with Gasteiger partial charge in [-0.15, -0.1) is 0 Å². The molecule has 1 aromatic heterocycles. The Morgan fingerprint density at radius 1 is 1.33 bits per heavy atom. The number of esters is 1. The third kappa shape index (κ3) is 3.34. The van der Waals surface area contributed by atoms with Crippen molar-refractivity contribution in [3.63, 3.8) is 0 Å². The van der Waals surface area contributed by atoms with Crippen LogP contribution in [0.2, 0.25) is 0 Å². The minimum Gasteiger partial charge on any atom is -0.468 e. The lowest BCUT2D eigenvalue weighted by atomic mass is 10.0. The molecular weight excluding hydrogens is 308 g/mol. The third-order valence-electron chi connectivity index (χ3n) is 4.99. The Morgan fingerprint density at radius 2 is 2.08 bits per heavy atom. The van der Waals surface area contributed by atoms with Crippen LogP contribution in [0.3, 0.4) is 0 Å². The van der Waals surface area contributed by atoms with Crippen molar-refractivity contribution >= 4 is 17.8 Å². The molecule has 0 aromatic carbocycles. The van der Waals surface area contributed by atoms with Gasteiger partial charge in [-0.1, -0.05) is 12.8 Å². The SMILES string of the molecule is COC(=O)CN1CCN(c2nccc(C3CCCC3)n2)[C@H](C)C1=O. The van der Waals surface area contributed by atoms with Crippen molar-refractivity contribution < 1.29 is 14.3 Å². The second-order valence-corrected chi connectivity index (χ2v) is 6.47. The first-order chi connectivity index (χ1) is 11.6. The molecule has 3 rings (SSSR count). The Kier molecular flexibility index (Phi) is 4.97. The second kappa shape index (κ2) is 7.15. The number of ether oxygens (including phenoxy) is 1. The standard InChI is InChI=1S/C17H24N4O3/c1-12-16(23)20(11-15(22)24-2)9-10-21(12)17-18-8-7-14(19-17)13-5-3-4-6-13/h7-8,12-13H,3-6,9-11H2,1-2H3/t12-/m1/s1. The molecule has 0 unspecified atom stereocenters. The van der Waals surface area contributed by atoms with Gasteiger partial charge in [-0.3, -0.25) is 9.59 Å². The highest BCUT2D eigenvalue weighted by atomic mass is 16.5. The van der Waals surface area contributed by atoms with E-state index in [1.165, 1.54) is 37.7 Å². The van der Waals surface area contributed by atoms with E-state index < -0.39 is 5.97 Å². The van der Waals surface area contributed by atoms with E-state index in [1.807, 2.05) is 17.9 Å². The quantitative estimate of drug-likeness (QED) is 0.775. The molecule has 0 spiro atoms. The van der Waals surface area contributed by atoms with E-state index in [4.69, 9.17) is 4.98 Å². The Hall–Kier alpha value is -2.18. The zero-order valence-corrected chi connectivity index (χ0v) is 14.3. The van der Waals surface area contributed by atoms with Crippen molar-refractivity contribution in [2.75, 3.05) is 31.6 Å². The zero-order valence-electron chi connectivity index (χ0n) is 14.3. The fraction of sp³-hybridized carbons (Fsp3) is 0.647. The number of piperazine rings is 1. The predicted molar refractivity (Wildman–Crippen MR) is 88.6 cm³/mol. The minimum absolute atomic E-state index is 0.00349. The first kappa shape index (κ1) is 16.7. The monoisotopic (exact) mass is 332 g/mol. The summed E-state index contributed by atoms with van der Waals surface area (Å²) >= 11 is 0. The first-order valence-corrected chi connectivity index (χ1v) is 8.55. The van der Waals surface area contributed by atoms with Crippen LogP contribution in [0.4, 0.5) is 5.95 Å². The van der Waals surface area contributed by atoms with Gasteiger partial charge in [0.05, 0.1) is 7.11 Å². The van der Waals surface area contributed by atoms with Crippen molar-refractivity contribution in [2.45, 2.75) is 44.6 Å². The summed E-state index contributed by atoms with van der Waals surface area (Å²) in [6.07, 6.45) is 6.65. The van der Waals surface area contributed by atoms with E-state index in [9.17, 15) is 9.59 Å². The highest BCUT2D eigenvalue weighted by Crippen LogP contribution is 2.33. The molecule has 1 aliphatic heterocycles. The summed E-state index contributed by atoms with van der Waals surface area (Å²) in [7, 11) is 1.33. The average molecular weight is 332 g/mol. The molecule has 0 N–H and O–H groups in total. The fourth-order valence-electron chi connectivity index (χ4n) is 3.53. The number of carbonyl (C=O) groups is 2. The van der Waals surface area contributed by atoms with Gasteiger partial charge < -0.3 is 14.5 Å². The summed E-state index contributed by atoms with van der Waals surface area (Å²) in [6, 6.07) is 1.60. The zero-order chi connectivity index (χ0) is 17.1. The van der Waals surface area contributed by atoms with Gasteiger partial charge in [-0.2, -0.15) is 0 Å². The van der Waals surface area contributed by atoms with Crippen molar-refractivity contribution in [2.24, 2.45) is 0 Å². The van der Waals surface area contributed by atoms with Crippen LogP contribution in [0.25, 0.3) is 0 Å². The van der Waals surface area contributed by atoms with Gasteiger partial charge in [0, 0.05) is 30.9 Å². The highest BCUT2D eigenvalue weighted by Gasteiger charge is 2.34. The summed E-state index contributed by atoms with van der Waals surface area (Å²) in [4.78, 5) is 36.5. The normalized spacial score (nSPS) is 22.1. The van der Waals surface area contributed by atoms with Crippen LogP contribution in [0.1, 0.15) is 44.2 Å². The van der Waals surface area contributed by atoms with Crippen LogP contribution in [0.15, 0.2) is 12.3 Å². The molecule has 1 amide bonds. The van der Waals surface area contributed by atoms with Crippen LogP contribution in [-0.2, 0) is 14.3 Å². The van der Waals surface area contributed by atoms with Gasteiger partial charge >= 0.3 is 5.97 Å². The van der Waals surface area contributed by atoms with E-state index in [0.29, 0.717) is 25.0 Å². The van der Waals surface area contributed by atoms with Gasteiger partial charge in [-0.25, -0.2) is 9.97 Å². The van der Waals surface area contributed by atoms with Gasteiger partial charge in [-0.05, 0) is 25.8 Å². The van der Waals surface area contributed by atoms with E-state index in [0.717, 1.165) is 5.69 Å². The van der Waals surface area contributed by atoms with Crippen molar-refractivity contribution in [1.82, 2.24) is 14.9 Å². The smallest absolute Gasteiger partial charge is 0.325 e. The Labute approximate surface area is 142 Å². The third-order valence-corrected chi connectivity index (χ3v) is 4.99. The molecule has 2 aliphatic rings. The molecule has 0 bridgehead atoms. The van der Waals surface area contributed by atoms with Crippen molar-refractivity contribution in [3.8, 4) is 0 Å². The number of aromatic nitrogens is 2. The van der Waals surface area contributed by atoms with Crippen LogP contribution >= 0.6 is 0 Å². The number of hydrogen-bond acceptors (Lipinski definition) is 6. The molecule has 1 saturated heterocycles. The maximum Gasteiger partial charge on any atom is 0.325 e. The second-order valence-electron chi connectivity index (χ2n) is 6.47. The molecule has 1 atom stereocenters. The van der Waals surface area contributed by atoms with Crippen molar-refractivity contribution in [1.29, 1.82) is 0 Å². The molecule has 2 fully saturated rings. The maximum atomic E-state index is 12.5. The Balaban J connectivity index is 1.73. The van der Waals surface area contributed by atoms with E-state index >= 15 is 0 Å². The number of methoxy groups -OCH3 is 1. The maximum absolute atomic E-state index is 12.5. The fourth-order valence-corrected chi connectivity index (χ4v) is 3.53. The molecule has 1 aliphatic carbocycles. The molecule has 7 heteroatoms. The molecule has 130 valence electrons. The van der Waals surface area contributed by atoms with E-state index in [1.54, 1.807) is 6.20 Å². The number of rotatable bonds is 4. The van der Waals surface area contributed by atoms with E-state index in [2.05, 4.69) is 9.72 Å². The lowest BCUT2D eigenvalue weighted by molar-refractivity contribution is -0.148. The molecule has 24 heavy (non-hydrogen) atoms. The lowest BCUT2D eigenvalue weighted by Gasteiger charge is -2.38. The molecule has 0 radical (unpaired) electrons. The van der Waals surface area contributed by atoms with E-state index in [-0.39, 0.29) is 18.5 Å². The molecular formula is C17H24N4O3. The number of hydrogen-bond donors (Lipinski definition) is 0. The summed E-state index contributed by atoms with van der Waals surface area (Å²) in [6.45, 7) is 2.90. The number of anilines is 1. The molecule has 1 aromatic rings. The molecule has 7 nitrogen and oxygen atoms in total. The lowest BCUT2D eigenvalue weighted by Crippen LogP contribution is -2.57. The summed E-state index contributed by atoms with van der Waals surface area (Å²) < 4.78 is 4.65. The molecule has 1 saturated carbocycles. The Morgan fingerprint density at radius 3 is 2.79 bits per heavy atom. The summed E-state index contributed by atoms with van der Waals surface area (Å²) in [5, 5.41) is 0. The number of carbonyl (C=O) groups excluding carboxylic acids is 2. The van der Waals surface area contributed by atoms with Gasteiger partial charge in [0.1, 0.15) is 12.6 Å². The number of amides is 1. The van der Waals surface area contributed by atoms with Gasteiger partial charge in [0.2, 0.25) is 11.9 Å². The summed E-state index contributed by atoms with van der Waals surface area (Å²) in [5.41, 5.74) is 1.08. The number of nitrogens with zero attached hydrogens (tertiary/aromatic N) is 4. The molecule has 2 heterocycles. The van der Waals surface area contributed by atoms with Crippen LogP contribution in [-0.4, -0.2) is 59.5 Å². The predicted octanol–water partition coefficient (Wildman–Crippen LogP) is 1.34. The topological polar surface area (TPSA) is 75.6 Å². The van der Waals surface area contributed by atoms with Crippen molar-refractivity contribution in [3.05, 3.63) is 18.0 Å². The van der Waals surface area contributed by atoms with Gasteiger partial charge in [0.15, 0.2) is 0 Å². The van der Waals surface area contributed by atoms with Crippen LogP contribution in [0.5, 0.6) is 0 Å². The highest BCUT2D eigenvalue weighted by molar-refractivity contribution is 5.88.